The summed E-state index contributed by atoms with van der Waals surface area (Å²) in [4.78, 5) is 2.35. The van der Waals surface area contributed by atoms with E-state index < -0.39 is 0 Å². The van der Waals surface area contributed by atoms with E-state index in [0.717, 1.165) is 18.8 Å². The van der Waals surface area contributed by atoms with Crippen molar-refractivity contribution >= 4 is 0 Å². The smallest absolute Gasteiger partial charge is 0.122 e. The molecule has 0 aliphatic heterocycles. The molecule has 0 radical (unpaired) electrons. The highest BCUT2D eigenvalue weighted by Gasteiger charge is 2.25. The van der Waals surface area contributed by atoms with Crippen LogP contribution in [0.4, 0.5) is 0 Å². The van der Waals surface area contributed by atoms with Gasteiger partial charge in [-0.25, -0.2) is 0 Å². The Bertz CT molecular complexity index is 465. The molecule has 2 atom stereocenters. The van der Waals surface area contributed by atoms with Gasteiger partial charge in [-0.1, -0.05) is 37.3 Å². The minimum absolute atomic E-state index is 0.0230. The molecule has 0 aliphatic carbocycles. The van der Waals surface area contributed by atoms with Crippen LogP contribution in [-0.2, 0) is 6.54 Å². The molecule has 0 aliphatic rings. The van der Waals surface area contributed by atoms with Crippen LogP contribution in [0.1, 0.15) is 31.2 Å². The molecule has 3 nitrogen and oxygen atoms in total. The molecule has 2 aromatic rings. The molecule has 0 bridgehead atoms. The van der Waals surface area contributed by atoms with E-state index in [1.807, 2.05) is 25.1 Å². The van der Waals surface area contributed by atoms with Gasteiger partial charge in [0.15, 0.2) is 0 Å². The second kappa shape index (κ2) is 6.55. The number of hydrogen-bond acceptors (Lipinski definition) is 3. The first-order valence-corrected chi connectivity index (χ1v) is 6.79. The lowest BCUT2D eigenvalue weighted by Gasteiger charge is -2.32. The molecule has 1 heterocycles. The number of rotatable bonds is 6. The fourth-order valence-electron chi connectivity index (χ4n) is 2.46. The molecule has 0 spiro atoms. The van der Waals surface area contributed by atoms with Crippen LogP contribution in [0.5, 0.6) is 0 Å². The van der Waals surface area contributed by atoms with Crippen LogP contribution in [0.25, 0.3) is 0 Å². The van der Waals surface area contributed by atoms with Gasteiger partial charge >= 0.3 is 0 Å². The summed E-state index contributed by atoms with van der Waals surface area (Å²) in [5.74, 6) is 0.938. The van der Waals surface area contributed by atoms with Crippen LogP contribution < -0.4 is 5.73 Å². The van der Waals surface area contributed by atoms with Crippen LogP contribution in [-0.4, -0.2) is 17.5 Å². The molecule has 102 valence electrons. The summed E-state index contributed by atoms with van der Waals surface area (Å²) < 4.78 is 5.56. The molecule has 19 heavy (non-hydrogen) atoms. The van der Waals surface area contributed by atoms with Crippen molar-refractivity contribution in [2.24, 2.45) is 5.73 Å². The van der Waals surface area contributed by atoms with Gasteiger partial charge < -0.3 is 10.2 Å². The predicted octanol–water partition coefficient (Wildman–Crippen LogP) is 3.19. The van der Waals surface area contributed by atoms with Crippen molar-refractivity contribution in [3.63, 3.8) is 0 Å². The summed E-state index contributed by atoms with van der Waals surface area (Å²) in [5, 5.41) is 0. The standard InChI is InChI=1S/C16H22N2O/c1-3-18(12-14-8-5-4-6-9-14)16(13(2)17)15-10-7-11-19-15/h4-11,13,16H,3,12,17H2,1-2H3. The monoisotopic (exact) mass is 258 g/mol. The molecular weight excluding hydrogens is 236 g/mol. The normalized spacial score (nSPS) is 14.5. The van der Waals surface area contributed by atoms with Crippen LogP contribution in [0.2, 0.25) is 0 Å². The van der Waals surface area contributed by atoms with E-state index in [2.05, 4.69) is 36.1 Å². The first-order valence-electron chi connectivity index (χ1n) is 6.79. The van der Waals surface area contributed by atoms with E-state index in [9.17, 15) is 0 Å². The van der Waals surface area contributed by atoms with Gasteiger partial charge in [-0.3, -0.25) is 4.90 Å². The minimum Gasteiger partial charge on any atom is -0.468 e. The van der Waals surface area contributed by atoms with Crippen molar-refractivity contribution < 1.29 is 4.42 Å². The van der Waals surface area contributed by atoms with Crippen LogP contribution in [0.15, 0.2) is 53.1 Å². The molecule has 2 rings (SSSR count). The third-order valence-corrected chi connectivity index (χ3v) is 3.36. The number of furan rings is 1. The highest BCUT2D eigenvalue weighted by molar-refractivity contribution is 5.16. The van der Waals surface area contributed by atoms with Gasteiger partial charge in [0.05, 0.1) is 12.3 Å². The summed E-state index contributed by atoms with van der Waals surface area (Å²) in [7, 11) is 0. The molecule has 2 N–H and O–H groups in total. The summed E-state index contributed by atoms with van der Waals surface area (Å²) in [6, 6.07) is 14.5. The van der Waals surface area contributed by atoms with Gasteiger partial charge in [-0.05, 0) is 31.2 Å². The lowest BCUT2D eigenvalue weighted by Crippen LogP contribution is -2.38. The van der Waals surface area contributed by atoms with E-state index >= 15 is 0 Å². The zero-order chi connectivity index (χ0) is 13.7. The number of nitrogens with two attached hydrogens (primary N) is 1. The Morgan fingerprint density at radius 1 is 1.16 bits per heavy atom. The van der Waals surface area contributed by atoms with Crippen molar-refractivity contribution in [2.45, 2.75) is 32.5 Å². The Kier molecular flexibility index (Phi) is 4.77. The Labute approximate surface area is 115 Å². The van der Waals surface area contributed by atoms with Gasteiger partial charge in [0.25, 0.3) is 0 Å². The quantitative estimate of drug-likeness (QED) is 0.865. The van der Waals surface area contributed by atoms with Crippen molar-refractivity contribution in [1.29, 1.82) is 0 Å². The zero-order valence-corrected chi connectivity index (χ0v) is 11.6. The van der Waals surface area contributed by atoms with E-state index in [1.165, 1.54) is 5.56 Å². The Balaban J connectivity index is 2.18. The highest BCUT2D eigenvalue weighted by Crippen LogP contribution is 2.25. The van der Waals surface area contributed by atoms with Gasteiger partial charge in [-0.2, -0.15) is 0 Å². The van der Waals surface area contributed by atoms with E-state index in [4.69, 9.17) is 10.2 Å². The number of likely N-dealkylation sites (N-methyl/N-ethyl adjacent to an activating group) is 1. The number of hydrogen-bond donors (Lipinski definition) is 1. The van der Waals surface area contributed by atoms with Gasteiger partial charge in [-0.15, -0.1) is 0 Å². The van der Waals surface area contributed by atoms with Gasteiger partial charge in [0, 0.05) is 12.6 Å². The van der Waals surface area contributed by atoms with Crippen molar-refractivity contribution in [3.8, 4) is 0 Å². The summed E-state index contributed by atoms with van der Waals surface area (Å²) in [6.45, 7) is 5.99. The molecule has 2 unspecified atom stereocenters. The molecule has 1 aromatic heterocycles. The molecular formula is C16H22N2O. The topological polar surface area (TPSA) is 42.4 Å². The fourth-order valence-corrected chi connectivity index (χ4v) is 2.46. The van der Waals surface area contributed by atoms with Crippen molar-refractivity contribution in [3.05, 3.63) is 60.1 Å². The Morgan fingerprint density at radius 3 is 2.42 bits per heavy atom. The minimum atomic E-state index is 0.0230. The van der Waals surface area contributed by atoms with E-state index in [0.29, 0.717) is 0 Å². The maximum atomic E-state index is 6.16. The predicted molar refractivity (Wildman–Crippen MR) is 77.6 cm³/mol. The summed E-state index contributed by atoms with van der Waals surface area (Å²) in [6.07, 6.45) is 1.71. The third-order valence-electron chi connectivity index (χ3n) is 3.36. The summed E-state index contributed by atoms with van der Waals surface area (Å²) >= 11 is 0. The van der Waals surface area contributed by atoms with Crippen LogP contribution in [0, 0.1) is 0 Å². The molecule has 0 amide bonds. The molecule has 0 saturated heterocycles. The fraction of sp³-hybridized carbons (Fsp3) is 0.375. The number of nitrogens with zero attached hydrogens (tertiary/aromatic N) is 1. The average molecular weight is 258 g/mol. The van der Waals surface area contributed by atoms with Crippen LogP contribution in [0.3, 0.4) is 0 Å². The summed E-state index contributed by atoms with van der Waals surface area (Å²) in [5.41, 5.74) is 7.45. The van der Waals surface area contributed by atoms with Gasteiger partial charge in [0.1, 0.15) is 5.76 Å². The maximum absolute atomic E-state index is 6.16. The zero-order valence-electron chi connectivity index (χ0n) is 11.6. The molecule has 0 fully saturated rings. The van der Waals surface area contributed by atoms with E-state index in [-0.39, 0.29) is 12.1 Å². The SMILES string of the molecule is CCN(Cc1ccccc1)C(c1ccco1)C(C)N. The second-order valence-corrected chi connectivity index (χ2v) is 4.87. The Hall–Kier alpha value is -1.58. The Morgan fingerprint density at radius 2 is 1.89 bits per heavy atom. The number of benzene rings is 1. The molecule has 3 heteroatoms. The highest BCUT2D eigenvalue weighted by atomic mass is 16.3. The van der Waals surface area contributed by atoms with Crippen molar-refractivity contribution in [2.75, 3.05) is 6.54 Å². The maximum Gasteiger partial charge on any atom is 0.122 e. The lowest BCUT2D eigenvalue weighted by molar-refractivity contribution is 0.154. The first kappa shape index (κ1) is 13.8. The van der Waals surface area contributed by atoms with Crippen molar-refractivity contribution in [1.82, 2.24) is 4.90 Å². The van der Waals surface area contributed by atoms with E-state index in [1.54, 1.807) is 6.26 Å². The van der Waals surface area contributed by atoms with Crippen LogP contribution >= 0.6 is 0 Å². The molecule has 0 saturated carbocycles. The first-order chi connectivity index (χ1) is 9.22. The largest absolute Gasteiger partial charge is 0.468 e. The second-order valence-electron chi connectivity index (χ2n) is 4.87. The van der Waals surface area contributed by atoms with Gasteiger partial charge in [0.2, 0.25) is 0 Å². The molecule has 1 aromatic carbocycles. The lowest BCUT2D eigenvalue weighted by atomic mass is 10.0. The average Bonchev–Trinajstić information content (AvgIpc) is 2.92. The third kappa shape index (κ3) is 3.46.